The smallest absolute Gasteiger partial charge is 0.350 e. The van der Waals surface area contributed by atoms with Crippen molar-refractivity contribution in [2.75, 3.05) is 23.3 Å². The van der Waals surface area contributed by atoms with Gasteiger partial charge in [0, 0.05) is 42.4 Å². The molecule has 0 aliphatic carbocycles. The van der Waals surface area contributed by atoms with Crippen molar-refractivity contribution in [3.05, 3.63) is 53.7 Å². The molecule has 4 aromatic rings. The molecule has 0 amide bonds. The predicted octanol–water partition coefficient (Wildman–Crippen LogP) is 4.80. The third-order valence-corrected chi connectivity index (χ3v) is 6.43. The molecule has 0 spiro atoms. The van der Waals surface area contributed by atoms with Crippen LogP contribution in [-0.2, 0) is 6.18 Å². The van der Waals surface area contributed by atoms with Gasteiger partial charge in [0.25, 0.3) is 0 Å². The van der Waals surface area contributed by atoms with E-state index in [0.29, 0.717) is 17.2 Å². The Labute approximate surface area is 190 Å². The molecule has 1 fully saturated rings. The highest BCUT2D eigenvalue weighted by atomic mass is 32.1. The van der Waals surface area contributed by atoms with E-state index in [1.165, 1.54) is 22.1 Å². The molecule has 0 bridgehead atoms. The average Bonchev–Trinajstić information content (AvgIpc) is 3.39. The number of alkyl halides is 3. The van der Waals surface area contributed by atoms with Gasteiger partial charge in [0.2, 0.25) is 11.1 Å². The van der Waals surface area contributed by atoms with Gasteiger partial charge in [-0.3, -0.25) is 0 Å². The van der Waals surface area contributed by atoms with E-state index in [1.807, 2.05) is 6.92 Å². The van der Waals surface area contributed by atoms with E-state index >= 15 is 0 Å². The molecule has 0 atom stereocenters. The van der Waals surface area contributed by atoms with Gasteiger partial charge in [-0.25, -0.2) is 13.9 Å². The van der Waals surface area contributed by atoms with Gasteiger partial charge in [0.05, 0.1) is 5.56 Å². The number of anilines is 2. The Morgan fingerprint density at radius 2 is 1.91 bits per heavy atom. The number of fused-ring (bicyclic) bond motifs is 1. The van der Waals surface area contributed by atoms with Crippen molar-refractivity contribution in [2.45, 2.75) is 32.0 Å². The molecular weight excluding hydrogens is 458 g/mol. The summed E-state index contributed by atoms with van der Waals surface area (Å²) in [6.45, 7) is 3.51. The summed E-state index contributed by atoms with van der Waals surface area (Å²) in [7, 11) is 0. The van der Waals surface area contributed by atoms with Crippen molar-refractivity contribution in [3.8, 4) is 11.1 Å². The lowest BCUT2D eigenvalue weighted by molar-refractivity contribution is -0.139. The number of halogens is 4. The van der Waals surface area contributed by atoms with Gasteiger partial charge < -0.3 is 10.2 Å². The van der Waals surface area contributed by atoms with Gasteiger partial charge in [-0.1, -0.05) is 6.07 Å². The van der Waals surface area contributed by atoms with Crippen molar-refractivity contribution in [1.82, 2.24) is 24.0 Å². The summed E-state index contributed by atoms with van der Waals surface area (Å²) in [6, 6.07) is 6.40. The first-order chi connectivity index (χ1) is 15.8. The van der Waals surface area contributed by atoms with Crippen LogP contribution in [0.15, 0.2) is 36.5 Å². The number of pyridine rings is 1. The SMILES string of the molecule is Cc1nsc(N2CCC(Nc3nc4c(-c5ccc(F)c(C(F)(F)F)c5)cccn4n3)CC2)n1. The molecule has 7 nitrogen and oxygen atoms in total. The quantitative estimate of drug-likeness (QED) is 0.426. The standard InChI is InChI=1S/C21H19F4N7S/c1-12-26-20(33-30-12)31-9-6-14(7-10-31)27-19-28-18-15(3-2-8-32(18)29-19)13-4-5-17(22)16(11-13)21(23,24)25/h2-5,8,11,14H,6-7,9-10H2,1H3,(H,27,29). The molecule has 0 radical (unpaired) electrons. The fourth-order valence-corrected chi connectivity index (χ4v) is 4.64. The summed E-state index contributed by atoms with van der Waals surface area (Å²) in [6.07, 6.45) is -1.40. The van der Waals surface area contributed by atoms with E-state index in [9.17, 15) is 17.6 Å². The molecule has 12 heteroatoms. The van der Waals surface area contributed by atoms with E-state index in [4.69, 9.17) is 0 Å². The zero-order valence-corrected chi connectivity index (χ0v) is 18.3. The van der Waals surface area contributed by atoms with Crippen molar-refractivity contribution in [3.63, 3.8) is 0 Å². The number of piperidine rings is 1. The fourth-order valence-electron chi connectivity index (χ4n) is 3.91. The molecule has 1 aromatic carbocycles. The lowest BCUT2D eigenvalue weighted by Gasteiger charge is -2.31. The second-order valence-electron chi connectivity index (χ2n) is 7.85. The highest BCUT2D eigenvalue weighted by molar-refractivity contribution is 7.09. The number of nitrogens with one attached hydrogen (secondary N) is 1. The maximum Gasteiger partial charge on any atom is 0.419 e. The number of benzene rings is 1. The van der Waals surface area contributed by atoms with Gasteiger partial charge in [-0.05, 0) is 49.6 Å². The van der Waals surface area contributed by atoms with Crippen LogP contribution in [0.5, 0.6) is 0 Å². The minimum absolute atomic E-state index is 0.152. The second kappa shape index (κ2) is 8.25. The Bertz CT molecular complexity index is 1290. The summed E-state index contributed by atoms with van der Waals surface area (Å²) >= 11 is 1.39. The molecule has 1 aliphatic rings. The minimum atomic E-state index is -4.78. The largest absolute Gasteiger partial charge is 0.419 e. The summed E-state index contributed by atoms with van der Waals surface area (Å²) in [5.41, 5.74) is -0.266. The first-order valence-electron chi connectivity index (χ1n) is 10.3. The summed E-state index contributed by atoms with van der Waals surface area (Å²) in [4.78, 5) is 11.1. The molecular formula is C21H19F4N7S. The molecule has 3 aromatic heterocycles. The van der Waals surface area contributed by atoms with Gasteiger partial charge in [0.1, 0.15) is 11.6 Å². The summed E-state index contributed by atoms with van der Waals surface area (Å²) in [5.74, 6) is -0.147. The first-order valence-corrected chi connectivity index (χ1v) is 11.1. The van der Waals surface area contributed by atoms with E-state index < -0.39 is 17.6 Å². The van der Waals surface area contributed by atoms with E-state index in [2.05, 4.69) is 29.7 Å². The molecule has 1 saturated heterocycles. The Kier molecular flexibility index (Phi) is 5.39. The van der Waals surface area contributed by atoms with E-state index in [-0.39, 0.29) is 11.6 Å². The number of rotatable bonds is 4. The lowest BCUT2D eigenvalue weighted by atomic mass is 10.0. The first kappa shape index (κ1) is 21.6. The van der Waals surface area contributed by atoms with Crippen LogP contribution in [-0.4, -0.2) is 43.1 Å². The Morgan fingerprint density at radius 3 is 2.61 bits per heavy atom. The van der Waals surface area contributed by atoms with Crippen LogP contribution in [0.1, 0.15) is 24.2 Å². The number of nitrogens with zero attached hydrogens (tertiary/aromatic N) is 6. The highest BCUT2D eigenvalue weighted by Gasteiger charge is 2.34. The molecule has 1 aliphatic heterocycles. The van der Waals surface area contributed by atoms with Gasteiger partial charge >= 0.3 is 6.18 Å². The normalized spacial score (nSPS) is 15.4. The van der Waals surface area contributed by atoms with Crippen LogP contribution >= 0.6 is 11.5 Å². The highest BCUT2D eigenvalue weighted by Crippen LogP contribution is 2.35. The van der Waals surface area contributed by atoms with Crippen LogP contribution in [0.25, 0.3) is 16.8 Å². The average molecular weight is 477 g/mol. The lowest BCUT2D eigenvalue weighted by Crippen LogP contribution is -2.39. The topological polar surface area (TPSA) is 71.2 Å². The number of hydrogen-bond acceptors (Lipinski definition) is 7. The molecule has 0 saturated carbocycles. The van der Waals surface area contributed by atoms with Crippen molar-refractivity contribution < 1.29 is 17.6 Å². The third-order valence-electron chi connectivity index (χ3n) is 5.56. The fraction of sp³-hybridized carbons (Fsp3) is 0.333. The minimum Gasteiger partial charge on any atom is -0.350 e. The van der Waals surface area contributed by atoms with Gasteiger partial charge in [-0.15, -0.1) is 5.10 Å². The van der Waals surface area contributed by atoms with Gasteiger partial charge in [0.15, 0.2) is 5.65 Å². The van der Waals surface area contributed by atoms with Crippen LogP contribution in [0, 0.1) is 12.7 Å². The third kappa shape index (κ3) is 4.34. The maximum absolute atomic E-state index is 13.7. The van der Waals surface area contributed by atoms with Crippen molar-refractivity contribution >= 4 is 28.3 Å². The molecule has 0 unspecified atom stereocenters. The van der Waals surface area contributed by atoms with E-state index in [1.54, 1.807) is 18.3 Å². The van der Waals surface area contributed by atoms with Crippen LogP contribution in [0.3, 0.4) is 0 Å². The Hall–Kier alpha value is -3.28. The van der Waals surface area contributed by atoms with Crippen LogP contribution in [0.4, 0.5) is 28.6 Å². The Morgan fingerprint density at radius 1 is 1.12 bits per heavy atom. The van der Waals surface area contributed by atoms with E-state index in [0.717, 1.165) is 49.0 Å². The number of aromatic nitrogens is 5. The van der Waals surface area contributed by atoms with Crippen LogP contribution < -0.4 is 10.2 Å². The summed E-state index contributed by atoms with van der Waals surface area (Å²) < 4.78 is 59.0. The Balaban J connectivity index is 1.36. The number of hydrogen-bond donors (Lipinski definition) is 1. The van der Waals surface area contributed by atoms with Crippen LogP contribution in [0.2, 0.25) is 0 Å². The predicted molar refractivity (Wildman–Crippen MR) is 117 cm³/mol. The van der Waals surface area contributed by atoms with Crippen molar-refractivity contribution in [2.24, 2.45) is 0 Å². The monoisotopic (exact) mass is 477 g/mol. The summed E-state index contributed by atoms with van der Waals surface area (Å²) in [5, 5.41) is 8.67. The van der Waals surface area contributed by atoms with Gasteiger partial charge in [-0.2, -0.15) is 22.5 Å². The molecule has 4 heterocycles. The second-order valence-corrected chi connectivity index (χ2v) is 8.58. The zero-order valence-electron chi connectivity index (χ0n) is 17.5. The number of aryl methyl sites for hydroxylation is 1. The molecule has 33 heavy (non-hydrogen) atoms. The zero-order chi connectivity index (χ0) is 23.2. The maximum atomic E-state index is 13.7. The molecule has 172 valence electrons. The molecule has 1 N–H and O–H groups in total. The molecule has 5 rings (SSSR count). The van der Waals surface area contributed by atoms with Crippen molar-refractivity contribution in [1.29, 1.82) is 0 Å².